The van der Waals surface area contributed by atoms with E-state index >= 15 is 0 Å². The molecule has 1 aromatic carbocycles. The van der Waals surface area contributed by atoms with Crippen LogP contribution in [0.1, 0.15) is 31.2 Å². The first-order chi connectivity index (χ1) is 6.83. The fourth-order valence-electron chi connectivity index (χ4n) is 1.42. The van der Waals surface area contributed by atoms with Crippen molar-refractivity contribution < 1.29 is 4.79 Å². The van der Waals surface area contributed by atoms with E-state index in [1.165, 1.54) is 5.56 Å². The predicted molar refractivity (Wildman–Crippen MR) is 59.1 cm³/mol. The molecule has 1 aromatic rings. The largest absolute Gasteiger partial charge is 0.399 e. The summed E-state index contributed by atoms with van der Waals surface area (Å²) < 4.78 is 0. The van der Waals surface area contributed by atoms with Crippen molar-refractivity contribution in [1.82, 2.24) is 0 Å². The number of aryl methyl sites for hydroxylation is 1. The third kappa shape index (κ3) is 4.08. The molecule has 0 saturated heterocycles. The second-order valence-corrected chi connectivity index (χ2v) is 3.51. The molecule has 0 spiro atoms. The van der Waals surface area contributed by atoms with Gasteiger partial charge >= 0.3 is 0 Å². The van der Waals surface area contributed by atoms with Crippen molar-refractivity contribution in [3.8, 4) is 0 Å². The summed E-state index contributed by atoms with van der Waals surface area (Å²) in [6.07, 6.45) is 6.06. The standard InChI is InChI=1S/C12H17NO/c13-12-8-6-11(7-9-12)5-3-1-2-4-10-14/h6-10H,1-5,13H2. The zero-order valence-electron chi connectivity index (χ0n) is 8.41. The summed E-state index contributed by atoms with van der Waals surface area (Å²) in [5.41, 5.74) is 7.72. The van der Waals surface area contributed by atoms with Crippen LogP contribution in [-0.2, 0) is 11.2 Å². The monoisotopic (exact) mass is 191 g/mol. The zero-order chi connectivity index (χ0) is 10.2. The molecule has 0 aliphatic carbocycles. The third-order valence-electron chi connectivity index (χ3n) is 2.27. The molecule has 0 aromatic heterocycles. The Morgan fingerprint density at radius 2 is 1.79 bits per heavy atom. The fraction of sp³-hybridized carbons (Fsp3) is 0.417. The highest BCUT2D eigenvalue weighted by atomic mass is 16.1. The lowest BCUT2D eigenvalue weighted by Gasteiger charge is -2.01. The lowest BCUT2D eigenvalue weighted by atomic mass is 10.1. The predicted octanol–water partition coefficient (Wildman–Crippen LogP) is 2.57. The van der Waals surface area contributed by atoms with Crippen molar-refractivity contribution >= 4 is 12.0 Å². The lowest BCUT2D eigenvalue weighted by molar-refractivity contribution is -0.107. The first-order valence-corrected chi connectivity index (χ1v) is 5.11. The Hall–Kier alpha value is -1.31. The molecule has 76 valence electrons. The van der Waals surface area contributed by atoms with Gasteiger partial charge in [0.2, 0.25) is 0 Å². The maximum absolute atomic E-state index is 10.1. The highest BCUT2D eigenvalue weighted by Crippen LogP contribution is 2.09. The number of nitrogens with two attached hydrogens (primary N) is 1. The number of anilines is 1. The van der Waals surface area contributed by atoms with Gasteiger partial charge in [0, 0.05) is 12.1 Å². The number of carbonyl (C=O) groups excluding carboxylic acids is 1. The highest BCUT2D eigenvalue weighted by Gasteiger charge is 1.93. The molecular formula is C12H17NO. The minimum atomic E-state index is 0.696. The first-order valence-electron chi connectivity index (χ1n) is 5.11. The number of benzene rings is 1. The van der Waals surface area contributed by atoms with Crippen LogP contribution in [0, 0.1) is 0 Å². The Morgan fingerprint density at radius 3 is 2.43 bits per heavy atom. The van der Waals surface area contributed by atoms with Crippen LogP contribution in [0.3, 0.4) is 0 Å². The molecule has 0 atom stereocenters. The minimum absolute atomic E-state index is 0.696. The Labute approximate surface area is 85.1 Å². The smallest absolute Gasteiger partial charge is 0.119 e. The normalized spacial score (nSPS) is 10.0. The number of carbonyl (C=O) groups is 1. The molecule has 14 heavy (non-hydrogen) atoms. The number of unbranched alkanes of at least 4 members (excludes halogenated alkanes) is 3. The Bertz CT molecular complexity index is 266. The van der Waals surface area contributed by atoms with Gasteiger partial charge in [0.05, 0.1) is 0 Å². The summed E-state index contributed by atoms with van der Waals surface area (Å²) in [6.45, 7) is 0. The third-order valence-corrected chi connectivity index (χ3v) is 2.27. The van der Waals surface area contributed by atoms with E-state index in [9.17, 15) is 4.79 Å². The van der Waals surface area contributed by atoms with Crippen molar-refractivity contribution in [3.05, 3.63) is 29.8 Å². The van der Waals surface area contributed by atoms with Gasteiger partial charge in [-0.1, -0.05) is 18.6 Å². The fourth-order valence-corrected chi connectivity index (χ4v) is 1.42. The number of aldehydes is 1. The first kappa shape index (κ1) is 10.8. The molecule has 0 unspecified atom stereocenters. The lowest BCUT2D eigenvalue weighted by Crippen LogP contribution is -1.88. The van der Waals surface area contributed by atoms with Crippen molar-refractivity contribution in [1.29, 1.82) is 0 Å². The molecule has 0 saturated carbocycles. The Balaban J connectivity index is 2.18. The molecule has 0 fully saturated rings. The van der Waals surface area contributed by atoms with E-state index in [1.807, 2.05) is 12.1 Å². The summed E-state index contributed by atoms with van der Waals surface area (Å²) in [6, 6.07) is 7.99. The molecule has 0 aliphatic heterocycles. The Kier molecular flexibility index (Phi) is 4.76. The van der Waals surface area contributed by atoms with Crippen LogP contribution in [0.15, 0.2) is 24.3 Å². The summed E-state index contributed by atoms with van der Waals surface area (Å²) >= 11 is 0. The van der Waals surface area contributed by atoms with Crippen LogP contribution in [0.2, 0.25) is 0 Å². The topological polar surface area (TPSA) is 43.1 Å². The van der Waals surface area contributed by atoms with Gasteiger partial charge in [-0.25, -0.2) is 0 Å². The van der Waals surface area contributed by atoms with Crippen LogP contribution in [0.5, 0.6) is 0 Å². The molecule has 0 heterocycles. The van der Waals surface area contributed by atoms with Crippen LogP contribution in [0.4, 0.5) is 5.69 Å². The van der Waals surface area contributed by atoms with Gasteiger partial charge in [-0.15, -0.1) is 0 Å². The molecule has 2 heteroatoms. The number of rotatable bonds is 6. The highest BCUT2D eigenvalue weighted by molar-refractivity contribution is 5.48. The van der Waals surface area contributed by atoms with Crippen LogP contribution < -0.4 is 5.73 Å². The zero-order valence-corrected chi connectivity index (χ0v) is 8.41. The number of hydrogen-bond donors (Lipinski definition) is 1. The van der Waals surface area contributed by atoms with Gasteiger partial charge < -0.3 is 10.5 Å². The van der Waals surface area contributed by atoms with Gasteiger partial charge in [0.1, 0.15) is 6.29 Å². The van der Waals surface area contributed by atoms with E-state index in [0.717, 1.165) is 37.7 Å². The summed E-state index contributed by atoms with van der Waals surface area (Å²) in [5.74, 6) is 0. The summed E-state index contributed by atoms with van der Waals surface area (Å²) in [4.78, 5) is 10.1. The maximum atomic E-state index is 10.1. The molecule has 2 nitrogen and oxygen atoms in total. The molecule has 0 radical (unpaired) electrons. The van der Waals surface area contributed by atoms with E-state index in [0.29, 0.717) is 6.42 Å². The van der Waals surface area contributed by atoms with E-state index in [4.69, 9.17) is 5.73 Å². The van der Waals surface area contributed by atoms with Gasteiger partial charge in [-0.2, -0.15) is 0 Å². The van der Waals surface area contributed by atoms with E-state index < -0.39 is 0 Å². The van der Waals surface area contributed by atoms with Crippen molar-refractivity contribution in [2.45, 2.75) is 32.1 Å². The van der Waals surface area contributed by atoms with E-state index in [2.05, 4.69) is 12.1 Å². The van der Waals surface area contributed by atoms with Gasteiger partial charge in [-0.3, -0.25) is 0 Å². The molecular weight excluding hydrogens is 174 g/mol. The summed E-state index contributed by atoms with van der Waals surface area (Å²) in [5, 5.41) is 0. The number of hydrogen-bond acceptors (Lipinski definition) is 2. The van der Waals surface area contributed by atoms with E-state index in [1.54, 1.807) is 0 Å². The van der Waals surface area contributed by atoms with Crippen LogP contribution in [-0.4, -0.2) is 6.29 Å². The second-order valence-electron chi connectivity index (χ2n) is 3.51. The van der Waals surface area contributed by atoms with Crippen LogP contribution in [0.25, 0.3) is 0 Å². The van der Waals surface area contributed by atoms with Gasteiger partial charge in [0.15, 0.2) is 0 Å². The number of nitrogen functional groups attached to an aromatic ring is 1. The molecule has 2 N–H and O–H groups in total. The molecule has 0 aliphatic rings. The average Bonchev–Trinajstić information content (AvgIpc) is 2.21. The van der Waals surface area contributed by atoms with Gasteiger partial charge in [-0.05, 0) is 37.0 Å². The Morgan fingerprint density at radius 1 is 1.07 bits per heavy atom. The SMILES string of the molecule is Nc1ccc(CCCCCC=O)cc1. The van der Waals surface area contributed by atoms with Gasteiger partial charge in [0.25, 0.3) is 0 Å². The maximum Gasteiger partial charge on any atom is 0.119 e. The summed E-state index contributed by atoms with van der Waals surface area (Å²) in [7, 11) is 0. The molecule has 1 rings (SSSR count). The van der Waals surface area contributed by atoms with Crippen LogP contribution >= 0.6 is 0 Å². The minimum Gasteiger partial charge on any atom is -0.399 e. The molecule has 0 amide bonds. The van der Waals surface area contributed by atoms with E-state index in [-0.39, 0.29) is 0 Å². The van der Waals surface area contributed by atoms with Crippen molar-refractivity contribution in [2.24, 2.45) is 0 Å². The van der Waals surface area contributed by atoms with Crippen molar-refractivity contribution in [3.63, 3.8) is 0 Å². The second kappa shape index (κ2) is 6.19. The van der Waals surface area contributed by atoms with Crippen molar-refractivity contribution in [2.75, 3.05) is 5.73 Å². The molecule has 0 bridgehead atoms. The quantitative estimate of drug-likeness (QED) is 0.426. The average molecular weight is 191 g/mol.